The summed E-state index contributed by atoms with van der Waals surface area (Å²) in [6.07, 6.45) is 0.823. The van der Waals surface area contributed by atoms with Gasteiger partial charge in [0.05, 0.1) is 18.8 Å². The molecule has 122 valence electrons. The average Bonchev–Trinajstić information content (AvgIpc) is 2.77. The molecule has 7 nitrogen and oxygen atoms in total. The Labute approximate surface area is 130 Å². The zero-order valence-electron chi connectivity index (χ0n) is 13.6. The van der Waals surface area contributed by atoms with Gasteiger partial charge >= 0.3 is 0 Å². The second-order valence-electron chi connectivity index (χ2n) is 6.41. The first kappa shape index (κ1) is 16.5. The van der Waals surface area contributed by atoms with E-state index in [1.54, 1.807) is 23.6 Å². The van der Waals surface area contributed by atoms with E-state index < -0.39 is 11.5 Å². The number of aryl methyl sites for hydroxylation is 1. The van der Waals surface area contributed by atoms with Crippen molar-refractivity contribution in [2.75, 3.05) is 19.7 Å². The van der Waals surface area contributed by atoms with E-state index in [2.05, 4.69) is 18.9 Å². The van der Waals surface area contributed by atoms with Crippen molar-refractivity contribution in [1.82, 2.24) is 14.7 Å². The lowest BCUT2D eigenvalue weighted by molar-refractivity contribution is -0.150. The summed E-state index contributed by atoms with van der Waals surface area (Å²) in [5.74, 6) is -0.240. The van der Waals surface area contributed by atoms with Crippen LogP contribution in [0.4, 0.5) is 0 Å². The molecule has 22 heavy (non-hydrogen) atoms. The largest absolute Gasteiger partial charge is 0.367 e. The molecular formula is C15H24N4O3. The zero-order valence-corrected chi connectivity index (χ0v) is 13.6. The fraction of sp³-hybridized carbons (Fsp3) is 0.667. The molecule has 2 amide bonds. The van der Waals surface area contributed by atoms with Crippen LogP contribution < -0.4 is 5.73 Å². The fourth-order valence-electron chi connectivity index (χ4n) is 2.60. The number of morpholine rings is 1. The maximum Gasteiger partial charge on any atom is 0.272 e. The Morgan fingerprint density at radius 3 is 2.77 bits per heavy atom. The fourth-order valence-corrected chi connectivity index (χ4v) is 2.60. The molecule has 0 radical (unpaired) electrons. The van der Waals surface area contributed by atoms with E-state index in [4.69, 9.17) is 10.5 Å². The topological polar surface area (TPSA) is 90.5 Å². The highest BCUT2D eigenvalue weighted by molar-refractivity contribution is 5.93. The summed E-state index contributed by atoms with van der Waals surface area (Å²) in [5, 5.41) is 4.38. The zero-order chi connectivity index (χ0) is 16.5. The van der Waals surface area contributed by atoms with E-state index >= 15 is 0 Å². The lowest BCUT2D eigenvalue weighted by Crippen LogP contribution is -2.58. The van der Waals surface area contributed by atoms with Gasteiger partial charge in [0.1, 0.15) is 5.69 Å². The number of aromatic nitrogens is 2. The molecule has 2 N–H and O–H groups in total. The van der Waals surface area contributed by atoms with Crippen molar-refractivity contribution < 1.29 is 14.3 Å². The Kier molecular flexibility index (Phi) is 4.55. The highest BCUT2D eigenvalue weighted by Crippen LogP contribution is 2.19. The maximum absolute atomic E-state index is 12.7. The number of carbonyl (C=O) groups excluding carboxylic acids is 2. The van der Waals surface area contributed by atoms with Crippen LogP contribution in [-0.4, -0.2) is 51.8 Å². The van der Waals surface area contributed by atoms with E-state index in [0.717, 1.165) is 12.1 Å². The lowest BCUT2D eigenvalue weighted by Gasteiger charge is -2.38. The number of primary amides is 1. The Balaban J connectivity index is 2.17. The summed E-state index contributed by atoms with van der Waals surface area (Å²) < 4.78 is 7.03. The van der Waals surface area contributed by atoms with Gasteiger partial charge in [0.25, 0.3) is 11.8 Å². The predicted octanol–water partition coefficient (Wildman–Crippen LogP) is 0.335. The van der Waals surface area contributed by atoms with Crippen molar-refractivity contribution in [2.45, 2.75) is 32.8 Å². The molecule has 7 heteroatoms. The smallest absolute Gasteiger partial charge is 0.272 e. The van der Waals surface area contributed by atoms with E-state index in [1.165, 1.54) is 0 Å². The number of nitrogens with zero attached hydrogens (tertiary/aromatic N) is 3. The second kappa shape index (κ2) is 6.08. The molecule has 0 aliphatic carbocycles. The quantitative estimate of drug-likeness (QED) is 0.868. The molecule has 0 spiro atoms. The van der Waals surface area contributed by atoms with Gasteiger partial charge in [-0.15, -0.1) is 0 Å². The van der Waals surface area contributed by atoms with Crippen molar-refractivity contribution in [2.24, 2.45) is 18.7 Å². The van der Waals surface area contributed by atoms with Crippen LogP contribution in [0.2, 0.25) is 0 Å². The van der Waals surface area contributed by atoms with Crippen LogP contribution in [0.5, 0.6) is 0 Å². The molecule has 1 fully saturated rings. The molecule has 2 heterocycles. The first-order valence-electron chi connectivity index (χ1n) is 7.49. The van der Waals surface area contributed by atoms with Crippen molar-refractivity contribution in [1.29, 1.82) is 0 Å². The summed E-state index contributed by atoms with van der Waals surface area (Å²) in [6, 6.07) is 1.82. The number of nitrogens with two attached hydrogens (primary N) is 1. The number of carbonyl (C=O) groups is 2. The Hall–Kier alpha value is -1.89. The second-order valence-corrected chi connectivity index (χ2v) is 6.41. The molecule has 1 saturated heterocycles. The van der Waals surface area contributed by atoms with Gasteiger partial charge in [-0.2, -0.15) is 5.10 Å². The third-order valence-corrected chi connectivity index (χ3v) is 3.85. The van der Waals surface area contributed by atoms with Gasteiger partial charge in [0, 0.05) is 13.6 Å². The van der Waals surface area contributed by atoms with Crippen LogP contribution >= 0.6 is 0 Å². The third-order valence-electron chi connectivity index (χ3n) is 3.85. The standard InChI is InChI=1S/C15H24N4O3/c1-10(2)7-11-8-12(18(4)17-11)13(20)19-5-6-22-15(3,9-19)14(16)21/h8,10H,5-7,9H2,1-4H3,(H2,16,21). The van der Waals surface area contributed by atoms with E-state index in [9.17, 15) is 9.59 Å². The SMILES string of the molecule is CC(C)Cc1cc(C(=O)N2CCOC(C)(C(N)=O)C2)n(C)n1. The predicted molar refractivity (Wildman–Crippen MR) is 81.2 cm³/mol. The summed E-state index contributed by atoms with van der Waals surface area (Å²) in [6.45, 7) is 6.72. The van der Waals surface area contributed by atoms with Crippen LogP contribution in [0, 0.1) is 5.92 Å². The highest BCUT2D eigenvalue weighted by atomic mass is 16.5. The average molecular weight is 308 g/mol. The van der Waals surface area contributed by atoms with E-state index in [1.807, 2.05) is 6.07 Å². The molecule has 2 rings (SSSR count). The normalized spacial score (nSPS) is 22.1. The van der Waals surface area contributed by atoms with Gasteiger partial charge in [0.15, 0.2) is 5.60 Å². The number of hydrogen-bond acceptors (Lipinski definition) is 4. The molecule has 1 atom stereocenters. The van der Waals surface area contributed by atoms with Crippen LogP contribution in [-0.2, 0) is 23.0 Å². The molecule has 1 unspecified atom stereocenters. The lowest BCUT2D eigenvalue weighted by atomic mass is 10.0. The Morgan fingerprint density at radius 1 is 1.50 bits per heavy atom. The van der Waals surface area contributed by atoms with Gasteiger partial charge in [-0.25, -0.2) is 0 Å². The molecule has 1 aromatic rings. The molecule has 1 aromatic heterocycles. The third kappa shape index (κ3) is 3.30. The molecule has 1 aliphatic rings. The van der Waals surface area contributed by atoms with Crippen molar-refractivity contribution in [3.05, 3.63) is 17.5 Å². The first-order valence-corrected chi connectivity index (χ1v) is 7.49. The number of amides is 2. The first-order chi connectivity index (χ1) is 10.2. The van der Waals surface area contributed by atoms with Gasteiger partial charge in [-0.1, -0.05) is 13.8 Å². The van der Waals surface area contributed by atoms with Crippen molar-refractivity contribution in [3.63, 3.8) is 0 Å². The summed E-state index contributed by atoms with van der Waals surface area (Å²) in [7, 11) is 1.75. The Morgan fingerprint density at radius 2 is 2.18 bits per heavy atom. The summed E-state index contributed by atoms with van der Waals surface area (Å²) in [5.41, 5.74) is 5.65. The van der Waals surface area contributed by atoms with Crippen molar-refractivity contribution in [3.8, 4) is 0 Å². The summed E-state index contributed by atoms with van der Waals surface area (Å²) in [4.78, 5) is 25.8. The van der Waals surface area contributed by atoms with E-state index in [0.29, 0.717) is 24.8 Å². The monoisotopic (exact) mass is 308 g/mol. The number of ether oxygens (including phenoxy) is 1. The number of hydrogen-bond donors (Lipinski definition) is 1. The minimum Gasteiger partial charge on any atom is -0.367 e. The molecule has 0 aromatic carbocycles. The van der Waals surface area contributed by atoms with Gasteiger partial charge in [-0.05, 0) is 25.3 Å². The molecular weight excluding hydrogens is 284 g/mol. The summed E-state index contributed by atoms with van der Waals surface area (Å²) >= 11 is 0. The number of rotatable bonds is 4. The van der Waals surface area contributed by atoms with Gasteiger partial charge in [0.2, 0.25) is 0 Å². The van der Waals surface area contributed by atoms with Gasteiger partial charge < -0.3 is 15.4 Å². The molecule has 0 saturated carbocycles. The van der Waals surface area contributed by atoms with Crippen LogP contribution in [0.1, 0.15) is 37.0 Å². The van der Waals surface area contributed by atoms with E-state index in [-0.39, 0.29) is 12.5 Å². The van der Waals surface area contributed by atoms with Crippen LogP contribution in [0.3, 0.4) is 0 Å². The highest BCUT2D eigenvalue weighted by Gasteiger charge is 2.39. The molecule has 1 aliphatic heterocycles. The van der Waals surface area contributed by atoms with Crippen LogP contribution in [0.15, 0.2) is 6.07 Å². The van der Waals surface area contributed by atoms with Crippen molar-refractivity contribution >= 4 is 11.8 Å². The minimum absolute atomic E-state index is 0.152. The maximum atomic E-state index is 12.7. The van der Waals surface area contributed by atoms with Crippen LogP contribution in [0.25, 0.3) is 0 Å². The minimum atomic E-state index is -1.13. The van der Waals surface area contributed by atoms with Gasteiger partial charge in [-0.3, -0.25) is 14.3 Å². The Bertz CT molecular complexity index is 581. The molecule has 0 bridgehead atoms.